The highest BCUT2D eigenvalue weighted by Crippen LogP contribution is 2.49. The van der Waals surface area contributed by atoms with E-state index in [1.54, 1.807) is 13.8 Å². The van der Waals surface area contributed by atoms with Gasteiger partial charge in [-0.05, 0) is 50.7 Å². The zero-order valence-corrected chi connectivity index (χ0v) is 21.8. The van der Waals surface area contributed by atoms with Crippen molar-refractivity contribution >= 4 is 17.6 Å². The van der Waals surface area contributed by atoms with Crippen LogP contribution in [0.5, 0.6) is 0 Å². The molecule has 36 heavy (non-hydrogen) atoms. The van der Waals surface area contributed by atoms with Gasteiger partial charge in [0.15, 0.2) is 5.78 Å². The second-order valence-corrected chi connectivity index (χ2v) is 11.2. The molecule has 192 valence electrons. The number of ketones is 1. The summed E-state index contributed by atoms with van der Waals surface area (Å²) in [4.78, 5) is 44.1. The largest absolute Gasteiger partial charge is 0.345 e. The highest BCUT2D eigenvalue weighted by Gasteiger charge is 2.55. The lowest BCUT2D eigenvalue weighted by Gasteiger charge is -2.43. The van der Waals surface area contributed by atoms with Crippen molar-refractivity contribution in [2.24, 2.45) is 17.1 Å². The van der Waals surface area contributed by atoms with E-state index in [9.17, 15) is 14.4 Å². The van der Waals surface area contributed by atoms with Crippen molar-refractivity contribution in [1.29, 1.82) is 0 Å². The zero-order chi connectivity index (χ0) is 25.9. The maximum atomic E-state index is 14.0. The van der Waals surface area contributed by atoms with Crippen molar-refractivity contribution in [3.8, 4) is 0 Å². The Morgan fingerprint density at radius 3 is 2.36 bits per heavy atom. The molecular weight excluding hydrogens is 450 g/mol. The van der Waals surface area contributed by atoms with Crippen molar-refractivity contribution in [3.63, 3.8) is 0 Å². The summed E-state index contributed by atoms with van der Waals surface area (Å²) < 4.78 is 0. The van der Waals surface area contributed by atoms with Crippen LogP contribution in [-0.2, 0) is 20.8 Å². The molecule has 2 N–H and O–H groups in total. The van der Waals surface area contributed by atoms with Gasteiger partial charge in [0.05, 0.1) is 11.0 Å². The summed E-state index contributed by atoms with van der Waals surface area (Å²) in [5.41, 5.74) is 6.77. The number of nitrogens with zero attached hydrogens (tertiary/aromatic N) is 2. The van der Waals surface area contributed by atoms with E-state index in [1.165, 1.54) is 0 Å². The molecule has 6 nitrogen and oxygen atoms in total. The normalized spacial score (nSPS) is 23.2. The number of amides is 2. The lowest BCUT2D eigenvalue weighted by atomic mass is 9.68. The fourth-order valence-corrected chi connectivity index (χ4v) is 5.95. The van der Waals surface area contributed by atoms with Gasteiger partial charge in [-0.1, -0.05) is 60.7 Å². The molecule has 0 radical (unpaired) electrons. The number of piperidine rings is 1. The molecule has 2 aliphatic rings. The van der Waals surface area contributed by atoms with Crippen molar-refractivity contribution in [3.05, 3.63) is 71.8 Å². The number of nitrogens with two attached hydrogens (primary N) is 1. The number of hydrogen-bond acceptors (Lipinski definition) is 4. The minimum Gasteiger partial charge on any atom is -0.345 e. The zero-order valence-electron chi connectivity index (χ0n) is 21.8. The maximum Gasteiger partial charge on any atom is 0.231 e. The van der Waals surface area contributed by atoms with E-state index in [0.717, 1.165) is 24.0 Å². The third-order valence-corrected chi connectivity index (χ3v) is 8.06. The second kappa shape index (κ2) is 10.6. The van der Waals surface area contributed by atoms with Crippen molar-refractivity contribution in [2.45, 2.75) is 57.4 Å². The summed E-state index contributed by atoms with van der Waals surface area (Å²) in [7, 11) is 1.86. The molecule has 2 amide bonds. The first kappa shape index (κ1) is 26.1. The van der Waals surface area contributed by atoms with Crippen molar-refractivity contribution in [2.75, 3.05) is 26.7 Å². The molecule has 0 aliphatic carbocycles. The highest BCUT2D eigenvalue weighted by molar-refractivity contribution is 5.92. The molecule has 6 heteroatoms. The number of Topliss-reactive ketones (excluding diaryl/α,β-unsaturated/α-hetero) is 1. The van der Waals surface area contributed by atoms with Crippen molar-refractivity contribution in [1.82, 2.24) is 9.80 Å². The molecule has 0 saturated carbocycles. The van der Waals surface area contributed by atoms with E-state index >= 15 is 0 Å². The van der Waals surface area contributed by atoms with Crippen LogP contribution in [0, 0.1) is 11.3 Å². The number of aryl methyl sites for hydroxylation is 1. The van der Waals surface area contributed by atoms with Crippen LogP contribution in [-0.4, -0.2) is 59.6 Å². The van der Waals surface area contributed by atoms with E-state index in [2.05, 4.69) is 12.1 Å². The molecule has 2 saturated heterocycles. The summed E-state index contributed by atoms with van der Waals surface area (Å²) >= 11 is 0. The van der Waals surface area contributed by atoms with Gasteiger partial charge in [-0.3, -0.25) is 14.4 Å². The van der Waals surface area contributed by atoms with E-state index in [4.69, 9.17) is 5.73 Å². The third-order valence-electron chi connectivity index (χ3n) is 8.06. The van der Waals surface area contributed by atoms with Gasteiger partial charge in [-0.15, -0.1) is 0 Å². The summed E-state index contributed by atoms with van der Waals surface area (Å²) in [6.07, 6.45) is 2.95. The molecule has 1 spiro atoms. The van der Waals surface area contributed by atoms with Crippen LogP contribution in [0.4, 0.5) is 0 Å². The average Bonchev–Trinajstić information content (AvgIpc) is 3.11. The average molecular weight is 490 g/mol. The summed E-state index contributed by atoms with van der Waals surface area (Å²) in [6, 6.07) is 20.2. The predicted octanol–water partition coefficient (Wildman–Crippen LogP) is 3.80. The molecule has 3 atom stereocenters. The first-order valence-corrected chi connectivity index (χ1v) is 13.1. The van der Waals surface area contributed by atoms with Crippen molar-refractivity contribution < 1.29 is 14.4 Å². The summed E-state index contributed by atoms with van der Waals surface area (Å²) in [6.45, 7) is 5.06. The molecule has 2 unspecified atom stereocenters. The fraction of sp³-hybridized carbons (Fsp3) is 0.500. The SMILES string of the molecule is CN1CC(c2ccccc2)C2(CCCN(C(=O)[C@@H](CCc3ccccc3)CC(=O)C(C)(C)N)C2)C1=O. The number of rotatable bonds is 8. The molecule has 4 rings (SSSR count). The Balaban J connectivity index is 1.58. The Morgan fingerprint density at radius 2 is 1.72 bits per heavy atom. The topological polar surface area (TPSA) is 83.7 Å². The number of carbonyl (C=O) groups is 3. The number of hydrogen-bond donors (Lipinski definition) is 1. The highest BCUT2D eigenvalue weighted by atomic mass is 16.2. The smallest absolute Gasteiger partial charge is 0.231 e. The predicted molar refractivity (Wildman–Crippen MR) is 141 cm³/mol. The van der Waals surface area contributed by atoms with Crippen LogP contribution in [0.25, 0.3) is 0 Å². The molecular formula is C30H39N3O3. The van der Waals surface area contributed by atoms with Gasteiger partial charge in [0.25, 0.3) is 0 Å². The minimum atomic E-state index is -0.989. The van der Waals surface area contributed by atoms with Gasteiger partial charge in [-0.2, -0.15) is 0 Å². The maximum absolute atomic E-state index is 14.0. The Hall–Kier alpha value is -2.99. The number of carbonyl (C=O) groups excluding carboxylic acids is 3. The molecule has 2 heterocycles. The van der Waals surface area contributed by atoms with Crippen LogP contribution in [0.15, 0.2) is 60.7 Å². The monoisotopic (exact) mass is 489 g/mol. The lowest BCUT2D eigenvalue weighted by molar-refractivity contribution is -0.147. The number of likely N-dealkylation sites (tertiary alicyclic amines) is 2. The second-order valence-electron chi connectivity index (χ2n) is 11.2. The van der Waals surface area contributed by atoms with Crippen LogP contribution < -0.4 is 5.73 Å². The lowest BCUT2D eigenvalue weighted by Crippen LogP contribution is -2.53. The summed E-state index contributed by atoms with van der Waals surface area (Å²) in [5.74, 6) is -0.440. The van der Waals surface area contributed by atoms with Gasteiger partial charge in [0, 0.05) is 44.9 Å². The van der Waals surface area contributed by atoms with Gasteiger partial charge >= 0.3 is 0 Å². The quantitative estimate of drug-likeness (QED) is 0.611. The Bertz CT molecular complexity index is 1080. The van der Waals surface area contributed by atoms with Crippen LogP contribution in [0.1, 0.15) is 56.6 Å². The van der Waals surface area contributed by atoms with Crippen LogP contribution >= 0.6 is 0 Å². The first-order chi connectivity index (χ1) is 17.1. The van der Waals surface area contributed by atoms with E-state index < -0.39 is 16.9 Å². The summed E-state index contributed by atoms with van der Waals surface area (Å²) in [5, 5.41) is 0. The van der Waals surface area contributed by atoms with Gasteiger partial charge < -0.3 is 15.5 Å². The molecule has 2 fully saturated rings. The fourth-order valence-electron chi connectivity index (χ4n) is 5.95. The Kier molecular flexibility index (Phi) is 7.65. The van der Waals surface area contributed by atoms with Crippen LogP contribution in [0.2, 0.25) is 0 Å². The van der Waals surface area contributed by atoms with E-state index in [0.29, 0.717) is 32.5 Å². The Labute approximate surface area is 214 Å². The first-order valence-electron chi connectivity index (χ1n) is 13.1. The third kappa shape index (κ3) is 5.39. The number of benzene rings is 2. The Morgan fingerprint density at radius 1 is 1.08 bits per heavy atom. The molecule has 2 aliphatic heterocycles. The standard InChI is InChI=1S/C30H39N3O3/c1-29(2,31)26(34)19-24(16-15-22-11-6-4-7-12-22)27(35)33-18-10-17-30(21-33)25(20-32(3)28(30)36)23-13-8-5-9-14-23/h4-9,11-14,24-25H,10,15-21,31H2,1-3H3/t24-,25?,30?/m0/s1. The van der Waals surface area contributed by atoms with E-state index in [-0.39, 0.29) is 29.9 Å². The minimum absolute atomic E-state index is 0.0308. The molecule has 2 aromatic carbocycles. The van der Waals surface area contributed by atoms with Gasteiger partial charge in [0.2, 0.25) is 11.8 Å². The van der Waals surface area contributed by atoms with E-state index in [1.807, 2.05) is 65.4 Å². The molecule has 0 aromatic heterocycles. The number of likely N-dealkylation sites (N-methyl/N-ethyl adjacent to an activating group) is 1. The van der Waals surface area contributed by atoms with Gasteiger partial charge in [-0.25, -0.2) is 0 Å². The molecule has 2 aromatic rings. The van der Waals surface area contributed by atoms with Gasteiger partial charge in [0.1, 0.15) is 0 Å². The molecule has 0 bridgehead atoms. The van der Waals surface area contributed by atoms with Crippen LogP contribution in [0.3, 0.4) is 0 Å².